The van der Waals surface area contributed by atoms with Crippen molar-refractivity contribution < 1.29 is 14.7 Å². The average molecular weight is 301 g/mol. The number of rotatable bonds is 7. The zero-order valence-corrected chi connectivity index (χ0v) is 13.6. The number of carboxylic acids is 1. The van der Waals surface area contributed by atoms with Crippen molar-refractivity contribution in [1.29, 1.82) is 0 Å². The fourth-order valence-corrected chi connectivity index (χ4v) is 3.77. The van der Waals surface area contributed by atoms with Gasteiger partial charge in [-0.25, -0.2) is 0 Å². The summed E-state index contributed by atoms with van der Waals surface area (Å²) in [6.07, 6.45) is 2.94. The number of piperidine rings is 1. The molecular weight excluding hydrogens is 274 g/mol. The van der Waals surface area contributed by atoms with E-state index in [9.17, 15) is 9.59 Å². The standard InChI is InChI=1S/C15H27NO3S/c1-4-20-14(11(2)3)15(19)16-9-5-6-12(10-16)7-8-13(17)18/h11-12,14H,4-10H2,1-3H3,(H,17,18). The van der Waals surface area contributed by atoms with E-state index >= 15 is 0 Å². The van der Waals surface area contributed by atoms with Gasteiger partial charge in [0, 0.05) is 19.5 Å². The summed E-state index contributed by atoms with van der Waals surface area (Å²) in [5, 5.41) is 8.81. The van der Waals surface area contributed by atoms with Crippen molar-refractivity contribution in [2.75, 3.05) is 18.8 Å². The summed E-state index contributed by atoms with van der Waals surface area (Å²) in [7, 11) is 0. The second-order valence-electron chi connectivity index (χ2n) is 5.84. The van der Waals surface area contributed by atoms with Gasteiger partial charge in [0.1, 0.15) is 0 Å². The molecule has 2 unspecified atom stereocenters. The first-order chi connectivity index (χ1) is 9.45. The molecule has 0 aromatic rings. The Hall–Kier alpha value is -0.710. The smallest absolute Gasteiger partial charge is 0.303 e. The summed E-state index contributed by atoms with van der Waals surface area (Å²) in [4.78, 5) is 25.2. The van der Waals surface area contributed by atoms with E-state index in [1.165, 1.54) is 0 Å². The number of amides is 1. The van der Waals surface area contributed by atoms with Crippen molar-refractivity contribution in [3.63, 3.8) is 0 Å². The predicted octanol–water partition coefficient (Wildman–Crippen LogP) is 2.87. The molecule has 1 rings (SSSR count). The zero-order chi connectivity index (χ0) is 15.1. The van der Waals surface area contributed by atoms with E-state index in [1.807, 2.05) is 4.90 Å². The third kappa shape index (κ3) is 5.35. The molecule has 0 bridgehead atoms. The molecule has 0 spiro atoms. The summed E-state index contributed by atoms with van der Waals surface area (Å²) in [6.45, 7) is 7.84. The first kappa shape index (κ1) is 17.3. The molecule has 20 heavy (non-hydrogen) atoms. The molecule has 1 heterocycles. The Labute approximate surface area is 126 Å². The topological polar surface area (TPSA) is 57.6 Å². The molecule has 1 aliphatic heterocycles. The molecule has 0 aromatic heterocycles. The summed E-state index contributed by atoms with van der Waals surface area (Å²) in [5.41, 5.74) is 0. The molecule has 0 radical (unpaired) electrons. The highest BCUT2D eigenvalue weighted by Gasteiger charge is 2.30. The molecule has 0 aromatic carbocycles. The van der Waals surface area contributed by atoms with Gasteiger partial charge in [-0.15, -0.1) is 11.8 Å². The van der Waals surface area contributed by atoms with Gasteiger partial charge in [-0.3, -0.25) is 9.59 Å². The minimum absolute atomic E-state index is 0.0400. The quantitative estimate of drug-likeness (QED) is 0.785. The van der Waals surface area contributed by atoms with Gasteiger partial charge < -0.3 is 10.0 Å². The number of likely N-dealkylation sites (tertiary alicyclic amines) is 1. The maximum atomic E-state index is 12.6. The molecule has 0 saturated carbocycles. The Morgan fingerprint density at radius 2 is 2.10 bits per heavy atom. The fourth-order valence-electron chi connectivity index (χ4n) is 2.74. The Balaban J connectivity index is 2.56. The molecule has 1 saturated heterocycles. The van der Waals surface area contributed by atoms with E-state index in [4.69, 9.17) is 5.11 Å². The number of carbonyl (C=O) groups excluding carboxylic acids is 1. The number of hydrogen-bond donors (Lipinski definition) is 1. The molecule has 116 valence electrons. The van der Waals surface area contributed by atoms with Crippen molar-refractivity contribution in [2.24, 2.45) is 11.8 Å². The number of carbonyl (C=O) groups is 2. The van der Waals surface area contributed by atoms with Crippen LogP contribution in [0.25, 0.3) is 0 Å². The van der Waals surface area contributed by atoms with Crippen molar-refractivity contribution >= 4 is 23.6 Å². The van der Waals surface area contributed by atoms with Crippen molar-refractivity contribution in [2.45, 2.75) is 51.7 Å². The maximum absolute atomic E-state index is 12.6. The highest BCUT2D eigenvalue weighted by Crippen LogP contribution is 2.26. The van der Waals surface area contributed by atoms with E-state index < -0.39 is 5.97 Å². The lowest BCUT2D eigenvalue weighted by Gasteiger charge is -2.35. The van der Waals surface area contributed by atoms with Crippen LogP contribution in [0.4, 0.5) is 0 Å². The highest BCUT2D eigenvalue weighted by atomic mass is 32.2. The van der Waals surface area contributed by atoms with Crippen LogP contribution in [0.2, 0.25) is 0 Å². The van der Waals surface area contributed by atoms with E-state index in [0.717, 1.165) is 31.7 Å². The van der Waals surface area contributed by atoms with Crippen LogP contribution >= 0.6 is 11.8 Å². The van der Waals surface area contributed by atoms with Crippen molar-refractivity contribution in [1.82, 2.24) is 4.90 Å². The molecule has 5 heteroatoms. The van der Waals surface area contributed by atoms with Gasteiger partial charge in [-0.05, 0) is 36.9 Å². The molecule has 1 fully saturated rings. The minimum Gasteiger partial charge on any atom is -0.481 e. The Morgan fingerprint density at radius 3 is 2.65 bits per heavy atom. The second kappa shape index (κ2) is 8.55. The van der Waals surface area contributed by atoms with Crippen LogP contribution in [0, 0.1) is 11.8 Å². The zero-order valence-electron chi connectivity index (χ0n) is 12.8. The normalized spacial score (nSPS) is 21.0. The molecule has 1 N–H and O–H groups in total. The molecule has 2 atom stereocenters. The van der Waals surface area contributed by atoms with Crippen LogP contribution in [-0.4, -0.2) is 46.0 Å². The molecule has 0 aliphatic carbocycles. The van der Waals surface area contributed by atoms with Crippen LogP contribution in [0.5, 0.6) is 0 Å². The lowest BCUT2D eigenvalue weighted by molar-refractivity contribution is -0.137. The van der Waals surface area contributed by atoms with Gasteiger partial charge >= 0.3 is 5.97 Å². The summed E-state index contributed by atoms with van der Waals surface area (Å²) < 4.78 is 0. The van der Waals surface area contributed by atoms with E-state index in [2.05, 4.69) is 20.8 Å². The molecule has 4 nitrogen and oxygen atoms in total. The summed E-state index contributed by atoms with van der Waals surface area (Å²) in [5.74, 6) is 1.14. The first-order valence-corrected chi connectivity index (χ1v) is 8.62. The van der Waals surface area contributed by atoms with Gasteiger partial charge in [0.25, 0.3) is 0 Å². The molecule has 1 amide bonds. The van der Waals surface area contributed by atoms with Crippen LogP contribution in [0.3, 0.4) is 0 Å². The van der Waals surface area contributed by atoms with Gasteiger partial charge in [0.05, 0.1) is 5.25 Å². The number of hydrogen-bond acceptors (Lipinski definition) is 3. The highest BCUT2D eigenvalue weighted by molar-refractivity contribution is 8.00. The lowest BCUT2D eigenvalue weighted by atomic mass is 9.93. The largest absolute Gasteiger partial charge is 0.481 e. The van der Waals surface area contributed by atoms with Gasteiger partial charge in [0.2, 0.25) is 5.91 Å². The number of aliphatic carboxylic acids is 1. The SMILES string of the molecule is CCSC(C(=O)N1CCCC(CCC(=O)O)C1)C(C)C. The van der Waals surface area contributed by atoms with Crippen LogP contribution in [0.15, 0.2) is 0 Å². The van der Waals surface area contributed by atoms with Crippen LogP contribution < -0.4 is 0 Å². The lowest BCUT2D eigenvalue weighted by Crippen LogP contribution is -2.45. The van der Waals surface area contributed by atoms with E-state index in [1.54, 1.807) is 11.8 Å². The van der Waals surface area contributed by atoms with E-state index in [-0.39, 0.29) is 17.6 Å². The van der Waals surface area contributed by atoms with Gasteiger partial charge in [-0.1, -0.05) is 20.8 Å². The summed E-state index contributed by atoms with van der Waals surface area (Å²) in [6, 6.07) is 0. The Morgan fingerprint density at radius 1 is 1.40 bits per heavy atom. The second-order valence-corrected chi connectivity index (χ2v) is 7.26. The third-order valence-electron chi connectivity index (χ3n) is 3.79. The Bertz CT molecular complexity index is 333. The number of nitrogens with zero attached hydrogens (tertiary/aromatic N) is 1. The van der Waals surface area contributed by atoms with Crippen LogP contribution in [-0.2, 0) is 9.59 Å². The predicted molar refractivity (Wildman–Crippen MR) is 82.9 cm³/mol. The van der Waals surface area contributed by atoms with E-state index in [0.29, 0.717) is 18.3 Å². The Kier molecular flexibility index (Phi) is 7.41. The van der Waals surface area contributed by atoms with Crippen molar-refractivity contribution in [3.05, 3.63) is 0 Å². The number of thioether (sulfide) groups is 1. The van der Waals surface area contributed by atoms with Crippen LogP contribution in [0.1, 0.15) is 46.5 Å². The minimum atomic E-state index is -0.741. The summed E-state index contributed by atoms with van der Waals surface area (Å²) >= 11 is 1.72. The van der Waals surface area contributed by atoms with Crippen molar-refractivity contribution in [3.8, 4) is 0 Å². The first-order valence-electron chi connectivity index (χ1n) is 7.57. The van der Waals surface area contributed by atoms with Gasteiger partial charge in [-0.2, -0.15) is 0 Å². The maximum Gasteiger partial charge on any atom is 0.303 e. The molecule has 1 aliphatic rings. The van der Waals surface area contributed by atoms with Gasteiger partial charge in [0.15, 0.2) is 0 Å². The fraction of sp³-hybridized carbons (Fsp3) is 0.867. The number of carboxylic acid groups (broad SMARTS) is 1. The molecular formula is C15H27NO3S. The average Bonchev–Trinajstić information content (AvgIpc) is 2.41. The third-order valence-corrected chi connectivity index (χ3v) is 5.23. The monoisotopic (exact) mass is 301 g/mol.